The van der Waals surface area contributed by atoms with Crippen LogP contribution in [0.4, 0.5) is 4.79 Å². The van der Waals surface area contributed by atoms with E-state index < -0.39 is 0 Å². The van der Waals surface area contributed by atoms with Crippen molar-refractivity contribution in [3.63, 3.8) is 0 Å². The Labute approximate surface area is 160 Å². The van der Waals surface area contributed by atoms with Crippen LogP contribution in [0, 0.1) is 12.8 Å². The predicted octanol–water partition coefficient (Wildman–Crippen LogP) is 3.31. The van der Waals surface area contributed by atoms with Gasteiger partial charge in [0.2, 0.25) is 0 Å². The Balaban J connectivity index is 1.28. The number of ether oxygens (including phenoxy) is 1. The van der Waals surface area contributed by atoms with Crippen molar-refractivity contribution < 1.29 is 9.53 Å². The standard InChI is InChI=1S/C21H28N4O2/c1-15-12-22-20(25(15)18-5-6-18)11-17-9-10-24(14-17)21(26)23-13-16-3-7-19(27-2)8-4-16/h3-4,7-8,12,17-18H,5-6,9-11,13-14H2,1-2H3,(H,23,26). The quantitative estimate of drug-likeness (QED) is 0.851. The van der Waals surface area contributed by atoms with Gasteiger partial charge in [0, 0.05) is 44.0 Å². The zero-order valence-corrected chi connectivity index (χ0v) is 16.1. The highest BCUT2D eigenvalue weighted by Gasteiger charge is 2.31. The molecule has 0 radical (unpaired) electrons. The molecule has 1 saturated carbocycles. The van der Waals surface area contributed by atoms with Gasteiger partial charge in [0.05, 0.1) is 7.11 Å². The van der Waals surface area contributed by atoms with Gasteiger partial charge in [0.25, 0.3) is 0 Å². The molecule has 1 aliphatic heterocycles. The second-order valence-electron chi connectivity index (χ2n) is 7.73. The maximum absolute atomic E-state index is 12.5. The Hall–Kier alpha value is -2.50. The molecule has 1 aliphatic carbocycles. The summed E-state index contributed by atoms with van der Waals surface area (Å²) in [5.74, 6) is 2.52. The molecular formula is C21H28N4O2. The lowest BCUT2D eigenvalue weighted by Gasteiger charge is -2.18. The van der Waals surface area contributed by atoms with E-state index in [0.29, 0.717) is 18.5 Å². The lowest BCUT2D eigenvalue weighted by Crippen LogP contribution is -2.38. The van der Waals surface area contributed by atoms with E-state index >= 15 is 0 Å². The molecular weight excluding hydrogens is 340 g/mol. The van der Waals surface area contributed by atoms with Crippen LogP contribution in [0.2, 0.25) is 0 Å². The fraction of sp³-hybridized carbons (Fsp3) is 0.524. The van der Waals surface area contributed by atoms with E-state index in [1.165, 1.54) is 24.4 Å². The van der Waals surface area contributed by atoms with Gasteiger partial charge in [-0.3, -0.25) is 0 Å². The normalized spacial score (nSPS) is 19.3. The van der Waals surface area contributed by atoms with Gasteiger partial charge in [0.1, 0.15) is 11.6 Å². The van der Waals surface area contributed by atoms with Gasteiger partial charge < -0.3 is 19.5 Å². The summed E-state index contributed by atoms with van der Waals surface area (Å²) in [6, 6.07) is 8.47. The summed E-state index contributed by atoms with van der Waals surface area (Å²) < 4.78 is 7.57. The van der Waals surface area contributed by atoms with Gasteiger partial charge in [-0.05, 0) is 49.8 Å². The van der Waals surface area contributed by atoms with Crippen molar-refractivity contribution in [1.82, 2.24) is 19.8 Å². The SMILES string of the molecule is COc1ccc(CNC(=O)N2CCC(Cc3ncc(C)n3C3CC3)C2)cc1. The van der Waals surface area contributed by atoms with Crippen LogP contribution in [-0.4, -0.2) is 40.7 Å². The Morgan fingerprint density at radius 2 is 2.04 bits per heavy atom. The fourth-order valence-corrected chi connectivity index (χ4v) is 3.95. The topological polar surface area (TPSA) is 59.4 Å². The third-order valence-electron chi connectivity index (χ3n) is 5.62. The molecule has 0 spiro atoms. The molecule has 27 heavy (non-hydrogen) atoms. The first kappa shape index (κ1) is 17.9. The highest BCUT2D eigenvalue weighted by Crippen LogP contribution is 2.37. The Kier molecular flexibility index (Phi) is 5.05. The summed E-state index contributed by atoms with van der Waals surface area (Å²) in [5.41, 5.74) is 2.33. The number of imidazole rings is 1. The number of benzene rings is 1. The number of rotatable bonds is 6. The largest absolute Gasteiger partial charge is 0.497 e. The average Bonchev–Trinajstić information content (AvgIpc) is 3.30. The number of nitrogens with one attached hydrogen (secondary N) is 1. The molecule has 1 atom stereocenters. The second-order valence-corrected chi connectivity index (χ2v) is 7.73. The Morgan fingerprint density at radius 1 is 1.26 bits per heavy atom. The summed E-state index contributed by atoms with van der Waals surface area (Å²) >= 11 is 0. The highest BCUT2D eigenvalue weighted by molar-refractivity contribution is 5.74. The molecule has 2 aromatic rings. The number of hydrogen-bond acceptors (Lipinski definition) is 3. The molecule has 1 N–H and O–H groups in total. The maximum Gasteiger partial charge on any atom is 0.317 e. The number of urea groups is 1. The zero-order chi connectivity index (χ0) is 18.8. The Bertz CT molecular complexity index is 795. The molecule has 1 aromatic heterocycles. The minimum Gasteiger partial charge on any atom is -0.497 e. The van der Waals surface area contributed by atoms with Crippen molar-refractivity contribution in [3.8, 4) is 5.75 Å². The van der Waals surface area contributed by atoms with Crippen LogP contribution < -0.4 is 10.1 Å². The third kappa shape index (κ3) is 4.10. The summed E-state index contributed by atoms with van der Waals surface area (Å²) in [6.45, 7) is 4.31. The van der Waals surface area contributed by atoms with Gasteiger partial charge in [-0.15, -0.1) is 0 Å². The van der Waals surface area contributed by atoms with E-state index in [-0.39, 0.29) is 6.03 Å². The lowest BCUT2D eigenvalue weighted by molar-refractivity contribution is 0.206. The molecule has 6 heteroatoms. The van der Waals surface area contributed by atoms with E-state index in [1.807, 2.05) is 35.4 Å². The first-order valence-corrected chi connectivity index (χ1v) is 9.82. The fourth-order valence-electron chi connectivity index (χ4n) is 3.95. The third-order valence-corrected chi connectivity index (χ3v) is 5.62. The van der Waals surface area contributed by atoms with Crippen molar-refractivity contribution in [2.75, 3.05) is 20.2 Å². The molecule has 1 saturated heterocycles. The van der Waals surface area contributed by atoms with Gasteiger partial charge in [-0.1, -0.05) is 12.1 Å². The van der Waals surface area contributed by atoms with Gasteiger partial charge in [0.15, 0.2) is 0 Å². The van der Waals surface area contributed by atoms with Gasteiger partial charge in [-0.2, -0.15) is 0 Å². The van der Waals surface area contributed by atoms with Crippen LogP contribution in [0.15, 0.2) is 30.5 Å². The van der Waals surface area contributed by atoms with Crippen LogP contribution >= 0.6 is 0 Å². The number of likely N-dealkylation sites (tertiary alicyclic amines) is 1. The number of amides is 2. The van der Waals surface area contributed by atoms with Crippen molar-refractivity contribution in [1.29, 1.82) is 0 Å². The number of hydrogen-bond donors (Lipinski definition) is 1. The zero-order valence-electron chi connectivity index (χ0n) is 16.1. The molecule has 2 fully saturated rings. The number of aryl methyl sites for hydroxylation is 1. The number of aromatic nitrogens is 2. The second kappa shape index (κ2) is 7.62. The number of carbonyl (C=O) groups excluding carboxylic acids is 1. The van der Waals surface area contributed by atoms with Crippen LogP contribution in [0.5, 0.6) is 5.75 Å². The minimum absolute atomic E-state index is 0.0232. The summed E-state index contributed by atoms with van der Waals surface area (Å²) in [7, 11) is 1.65. The smallest absolute Gasteiger partial charge is 0.317 e. The molecule has 144 valence electrons. The van der Waals surface area contributed by atoms with Gasteiger partial charge >= 0.3 is 6.03 Å². The van der Waals surface area contributed by atoms with Crippen LogP contribution in [0.3, 0.4) is 0 Å². The van der Waals surface area contributed by atoms with E-state index in [0.717, 1.165) is 37.2 Å². The first-order valence-electron chi connectivity index (χ1n) is 9.82. The van der Waals surface area contributed by atoms with E-state index in [1.54, 1.807) is 7.11 Å². The van der Waals surface area contributed by atoms with E-state index in [2.05, 4.69) is 21.8 Å². The lowest BCUT2D eigenvalue weighted by atomic mass is 10.0. The number of nitrogens with zero attached hydrogens (tertiary/aromatic N) is 3. The van der Waals surface area contributed by atoms with E-state index in [9.17, 15) is 4.79 Å². The molecule has 1 aromatic carbocycles. The Morgan fingerprint density at radius 3 is 2.74 bits per heavy atom. The predicted molar refractivity (Wildman–Crippen MR) is 104 cm³/mol. The number of carbonyl (C=O) groups is 1. The highest BCUT2D eigenvalue weighted by atomic mass is 16.5. The van der Waals surface area contributed by atoms with Crippen LogP contribution in [0.25, 0.3) is 0 Å². The van der Waals surface area contributed by atoms with Crippen LogP contribution in [0.1, 0.15) is 42.4 Å². The molecule has 2 aliphatic rings. The van der Waals surface area contributed by atoms with Crippen LogP contribution in [-0.2, 0) is 13.0 Å². The van der Waals surface area contributed by atoms with Crippen molar-refractivity contribution >= 4 is 6.03 Å². The summed E-state index contributed by atoms with van der Waals surface area (Å²) in [6.07, 6.45) is 6.55. The van der Waals surface area contributed by atoms with Crippen molar-refractivity contribution in [2.24, 2.45) is 5.92 Å². The number of methoxy groups -OCH3 is 1. The molecule has 6 nitrogen and oxygen atoms in total. The first-order chi connectivity index (χ1) is 13.1. The minimum atomic E-state index is 0.0232. The monoisotopic (exact) mass is 368 g/mol. The molecule has 2 amide bonds. The average molecular weight is 368 g/mol. The molecule has 0 bridgehead atoms. The summed E-state index contributed by atoms with van der Waals surface area (Å²) in [4.78, 5) is 19.1. The summed E-state index contributed by atoms with van der Waals surface area (Å²) in [5, 5.41) is 3.03. The maximum atomic E-state index is 12.5. The molecule has 4 rings (SSSR count). The van der Waals surface area contributed by atoms with E-state index in [4.69, 9.17) is 4.74 Å². The van der Waals surface area contributed by atoms with Gasteiger partial charge in [-0.25, -0.2) is 9.78 Å². The van der Waals surface area contributed by atoms with Crippen molar-refractivity contribution in [2.45, 2.75) is 45.2 Å². The van der Waals surface area contributed by atoms with Crippen molar-refractivity contribution in [3.05, 3.63) is 47.5 Å². The molecule has 2 heterocycles. The molecule has 1 unspecified atom stereocenters.